The molecule has 0 aliphatic heterocycles. The summed E-state index contributed by atoms with van der Waals surface area (Å²) < 4.78 is 24.4. The SMILES string of the molecule is CCS(=O)(=O)Cc1csc2ccc(C)cc12. The summed E-state index contributed by atoms with van der Waals surface area (Å²) in [5.74, 6) is 0.364. The van der Waals surface area contributed by atoms with Gasteiger partial charge in [0.1, 0.15) is 0 Å². The minimum absolute atomic E-state index is 0.160. The molecule has 0 aliphatic carbocycles. The first-order valence-electron chi connectivity index (χ1n) is 5.19. The fraction of sp³-hybridized carbons (Fsp3) is 0.333. The van der Waals surface area contributed by atoms with Gasteiger partial charge in [0.15, 0.2) is 9.84 Å². The van der Waals surface area contributed by atoms with Crippen molar-refractivity contribution in [2.45, 2.75) is 19.6 Å². The van der Waals surface area contributed by atoms with E-state index in [9.17, 15) is 8.42 Å². The van der Waals surface area contributed by atoms with E-state index >= 15 is 0 Å². The van der Waals surface area contributed by atoms with E-state index in [0.29, 0.717) is 0 Å². The smallest absolute Gasteiger partial charge is 0.154 e. The van der Waals surface area contributed by atoms with Crippen LogP contribution in [0.1, 0.15) is 18.1 Å². The summed E-state index contributed by atoms with van der Waals surface area (Å²) in [6.07, 6.45) is 0. The Balaban J connectivity index is 2.50. The minimum Gasteiger partial charge on any atom is -0.229 e. The first-order valence-corrected chi connectivity index (χ1v) is 7.89. The number of aryl methyl sites for hydroxylation is 1. The molecule has 86 valence electrons. The average molecular weight is 254 g/mol. The Hall–Kier alpha value is -0.870. The van der Waals surface area contributed by atoms with Gasteiger partial charge < -0.3 is 0 Å². The van der Waals surface area contributed by atoms with Crippen LogP contribution in [0.5, 0.6) is 0 Å². The molecule has 2 aromatic rings. The molecule has 0 radical (unpaired) electrons. The van der Waals surface area contributed by atoms with E-state index < -0.39 is 9.84 Å². The van der Waals surface area contributed by atoms with E-state index in [0.717, 1.165) is 15.6 Å². The van der Waals surface area contributed by atoms with Crippen molar-refractivity contribution in [1.82, 2.24) is 0 Å². The Morgan fingerprint density at radius 3 is 2.75 bits per heavy atom. The molecule has 1 heterocycles. The van der Waals surface area contributed by atoms with Crippen molar-refractivity contribution in [3.05, 3.63) is 34.7 Å². The summed E-state index contributed by atoms with van der Waals surface area (Å²) in [4.78, 5) is 0. The Morgan fingerprint density at radius 1 is 1.31 bits per heavy atom. The van der Waals surface area contributed by atoms with Crippen molar-refractivity contribution in [3.8, 4) is 0 Å². The van der Waals surface area contributed by atoms with Gasteiger partial charge in [-0.2, -0.15) is 0 Å². The van der Waals surface area contributed by atoms with Gasteiger partial charge in [0.2, 0.25) is 0 Å². The lowest BCUT2D eigenvalue weighted by molar-refractivity contribution is 0.596. The number of hydrogen-bond acceptors (Lipinski definition) is 3. The highest BCUT2D eigenvalue weighted by Crippen LogP contribution is 2.28. The maximum Gasteiger partial charge on any atom is 0.154 e. The van der Waals surface area contributed by atoms with Gasteiger partial charge in [-0.25, -0.2) is 8.42 Å². The molecule has 1 aromatic carbocycles. The van der Waals surface area contributed by atoms with Crippen molar-refractivity contribution in [2.24, 2.45) is 0 Å². The maximum absolute atomic E-state index is 11.6. The topological polar surface area (TPSA) is 34.1 Å². The molecule has 2 nitrogen and oxygen atoms in total. The monoisotopic (exact) mass is 254 g/mol. The molecule has 0 aliphatic rings. The Bertz CT molecular complexity index is 609. The minimum atomic E-state index is -2.94. The fourth-order valence-electron chi connectivity index (χ4n) is 1.65. The van der Waals surface area contributed by atoms with E-state index in [1.807, 2.05) is 12.3 Å². The second-order valence-corrected chi connectivity index (χ2v) is 7.20. The summed E-state index contributed by atoms with van der Waals surface area (Å²) in [6.45, 7) is 3.71. The molecule has 0 saturated carbocycles. The molecular weight excluding hydrogens is 240 g/mol. The van der Waals surface area contributed by atoms with Crippen molar-refractivity contribution in [3.63, 3.8) is 0 Å². The lowest BCUT2D eigenvalue weighted by atomic mass is 10.1. The van der Waals surface area contributed by atoms with Gasteiger partial charge in [-0.3, -0.25) is 0 Å². The third-order valence-corrected chi connectivity index (χ3v) is 5.27. The molecule has 16 heavy (non-hydrogen) atoms. The zero-order chi connectivity index (χ0) is 11.8. The summed E-state index contributed by atoms with van der Waals surface area (Å²) in [7, 11) is -2.94. The van der Waals surface area contributed by atoms with Crippen molar-refractivity contribution >= 4 is 31.3 Å². The molecule has 1 aromatic heterocycles. The van der Waals surface area contributed by atoms with Gasteiger partial charge in [0.25, 0.3) is 0 Å². The molecule has 0 saturated heterocycles. The first-order chi connectivity index (χ1) is 7.52. The highest BCUT2D eigenvalue weighted by molar-refractivity contribution is 7.90. The maximum atomic E-state index is 11.6. The van der Waals surface area contributed by atoms with Gasteiger partial charge in [0.05, 0.1) is 5.75 Å². The normalized spacial score (nSPS) is 12.1. The first kappa shape index (κ1) is 11.6. The largest absolute Gasteiger partial charge is 0.229 e. The average Bonchev–Trinajstić information content (AvgIpc) is 2.61. The molecule has 0 N–H and O–H groups in total. The van der Waals surface area contributed by atoms with Crippen molar-refractivity contribution in [1.29, 1.82) is 0 Å². The van der Waals surface area contributed by atoms with Crippen LogP contribution >= 0.6 is 11.3 Å². The van der Waals surface area contributed by atoms with E-state index in [-0.39, 0.29) is 11.5 Å². The fourth-order valence-corrected chi connectivity index (χ4v) is 3.61. The van der Waals surface area contributed by atoms with Crippen molar-refractivity contribution < 1.29 is 8.42 Å². The van der Waals surface area contributed by atoms with Crippen LogP contribution < -0.4 is 0 Å². The third kappa shape index (κ3) is 2.28. The summed E-state index contributed by atoms with van der Waals surface area (Å²) in [6, 6.07) is 6.17. The molecule has 4 heteroatoms. The van der Waals surface area contributed by atoms with Gasteiger partial charge in [-0.1, -0.05) is 24.6 Å². The highest BCUT2D eigenvalue weighted by atomic mass is 32.2. The van der Waals surface area contributed by atoms with Gasteiger partial charge in [-0.05, 0) is 29.3 Å². The van der Waals surface area contributed by atoms with E-state index in [4.69, 9.17) is 0 Å². The van der Waals surface area contributed by atoms with Crippen LogP contribution in [0.25, 0.3) is 10.1 Å². The molecular formula is C12H14O2S2. The van der Waals surface area contributed by atoms with Crippen LogP contribution in [-0.4, -0.2) is 14.2 Å². The molecule has 0 unspecified atom stereocenters. The number of rotatable bonds is 3. The lowest BCUT2D eigenvalue weighted by Crippen LogP contribution is -2.05. The number of thiophene rings is 1. The molecule has 0 amide bonds. The number of sulfone groups is 1. The van der Waals surface area contributed by atoms with E-state index in [1.54, 1.807) is 18.3 Å². The zero-order valence-electron chi connectivity index (χ0n) is 9.36. The Morgan fingerprint density at radius 2 is 2.06 bits per heavy atom. The second kappa shape index (κ2) is 4.18. The summed E-state index contributed by atoms with van der Waals surface area (Å²) in [5.41, 5.74) is 2.10. The number of fused-ring (bicyclic) bond motifs is 1. The molecule has 0 fully saturated rings. The molecule has 0 spiro atoms. The highest BCUT2D eigenvalue weighted by Gasteiger charge is 2.12. The molecule has 0 bridgehead atoms. The van der Waals surface area contributed by atoms with Crippen LogP contribution in [0.2, 0.25) is 0 Å². The number of hydrogen-bond donors (Lipinski definition) is 0. The number of benzene rings is 1. The third-order valence-electron chi connectivity index (χ3n) is 2.62. The molecule has 2 rings (SSSR count). The van der Waals surface area contributed by atoms with Crippen LogP contribution in [-0.2, 0) is 15.6 Å². The van der Waals surface area contributed by atoms with Gasteiger partial charge >= 0.3 is 0 Å². The summed E-state index contributed by atoms with van der Waals surface area (Å²) in [5, 5.41) is 3.04. The predicted molar refractivity (Wildman–Crippen MR) is 69.7 cm³/mol. The van der Waals surface area contributed by atoms with Gasteiger partial charge in [0, 0.05) is 10.5 Å². The van der Waals surface area contributed by atoms with Crippen LogP contribution in [0.4, 0.5) is 0 Å². The van der Waals surface area contributed by atoms with Crippen LogP contribution in [0.15, 0.2) is 23.6 Å². The van der Waals surface area contributed by atoms with E-state index in [2.05, 4.69) is 18.2 Å². The summed E-state index contributed by atoms with van der Waals surface area (Å²) >= 11 is 1.61. The quantitative estimate of drug-likeness (QED) is 0.843. The Labute approximate surface area is 99.8 Å². The van der Waals surface area contributed by atoms with E-state index in [1.165, 1.54) is 5.56 Å². The van der Waals surface area contributed by atoms with Crippen LogP contribution in [0, 0.1) is 6.92 Å². The second-order valence-electron chi connectivity index (χ2n) is 3.94. The van der Waals surface area contributed by atoms with Crippen LogP contribution in [0.3, 0.4) is 0 Å². The zero-order valence-corrected chi connectivity index (χ0v) is 11.0. The van der Waals surface area contributed by atoms with Crippen molar-refractivity contribution in [2.75, 3.05) is 5.75 Å². The standard InChI is InChI=1S/C12H14O2S2/c1-3-16(13,14)8-10-7-15-12-5-4-9(2)6-11(10)12/h4-7H,3,8H2,1-2H3. The predicted octanol–water partition coefficient (Wildman–Crippen LogP) is 3.14. The molecule has 0 atom stereocenters. The lowest BCUT2D eigenvalue weighted by Gasteiger charge is -2.00. The Kier molecular flexibility index (Phi) is 3.04. The van der Waals surface area contributed by atoms with Gasteiger partial charge in [-0.15, -0.1) is 11.3 Å².